The van der Waals surface area contributed by atoms with Gasteiger partial charge in [-0.1, -0.05) is 0 Å². The third-order valence-electron chi connectivity index (χ3n) is 3.24. The fourth-order valence-electron chi connectivity index (χ4n) is 2.27. The van der Waals surface area contributed by atoms with E-state index in [2.05, 4.69) is 0 Å². The second-order valence-corrected chi connectivity index (χ2v) is 3.64. The van der Waals surface area contributed by atoms with Crippen LogP contribution in [-0.2, 0) is 4.74 Å². The van der Waals surface area contributed by atoms with Gasteiger partial charge in [0.1, 0.15) is 0 Å². The van der Waals surface area contributed by atoms with Gasteiger partial charge in [-0.05, 0) is 44.4 Å². The standard InChI is InChI=1S/C9H15O/c1-10-9-5-2-8(3-6-9)4-7-9/h2-7H2,1H3. The minimum atomic E-state index is 0.307. The van der Waals surface area contributed by atoms with E-state index < -0.39 is 0 Å². The van der Waals surface area contributed by atoms with Crippen LogP contribution in [-0.4, -0.2) is 12.7 Å². The molecule has 0 saturated heterocycles. The van der Waals surface area contributed by atoms with E-state index in [1.165, 1.54) is 38.5 Å². The van der Waals surface area contributed by atoms with E-state index in [0.717, 1.165) is 0 Å². The maximum absolute atomic E-state index is 5.55. The highest BCUT2D eigenvalue weighted by molar-refractivity contribution is 5.07. The zero-order chi connectivity index (χ0) is 7.03. The van der Waals surface area contributed by atoms with Gasteiger partial charge >= 0.3 is 0 Å². The van der Waals surface area contributed by atoms with Crippen molar-refractivity contribution in [3.05, 3.63) is 5.92 Å². The van der Waals surface area contributed by atoms with Crippen molar-refractivity contribution in [3.63, 3.8) is 0 Å². The van der Waals surface area contributed by atoms with E-state index in [-0.39, 0.29) is 0 Å². The van der Waals surface area contributed by atoms with E-state index in [1.54, 1.807) is 5.92 Å². The summed E-state index contributed by atoms with van der Waals surface area (Å²) >= 11 is 0. The molecule has 2 bridgehead atoms. The number of rotatable bonds is 1. The zero-order valence-corrected chi connectivity index (χ0v) is 6.65. The first-order valence-corrected chi connectivity index (χ1v) is 4.23. The van der Waals surface area contributed by atoms with E-state index in [1.807, 2.05) is 7.11 Å². The molecule has 0 aromatic heterocycles. The normalized spacial score (nSPS) is 30.9. The Morgan fingerprint density at radius 1 is 1.10 bits per heavy atom. The predicted molar refractivity (Wildman–Crippen MR) is 40.7 cm³/mol. The smallest absolute Gasteiger partial charge is 0.0679 e. The first-order chi connectivity index (χ1) is 4.85. The minimum absolute atomic E-state index is 0.307. The second-order valence-electron chi connectivity index (χ2n) is 3.64. The molecule has 0 N–H and O–H groups in total. The molecule has 0 spiro atoms. The highest BCUT2D eigenvalue weighted by atomic mass is 16.5. The van der Waals surface area contributed by atoms with Crippen LogP contribution in [0, 0.1) is 5.92 Å². The Hall–Kier alpha value is -0.0400. The number of ether oxygens (including phenoxy) is 1. The highest BCUT2D eigenvalue weighted by Gasteiger charge is 2.40. The monoisotopic (exact) mass is 139 g/mol. The maximum atomic E-state index is 5.55. The maximum Gasteiger partial charge on any atom is 0.0679 e. The van der Waals surface area contributed by atoms with E-state index in [9.17, 15) is 0 Å². The minimum Gasteiger partial charge on any atom is -0.378 e. The zero-order valence-electron chi connectivity index (χ0n) is 6.65. The molecule has 0 unspecified atom stereocenters. The molecule has 1 heteroatoms. The molecule has 3 rings (SSSR count). The number of hydrogen-bond donors (Lipinski definition) is 0. The van der Waals surface area contributed by atoms with Crippen LogP contribution in [0.3, 0.4) is 0 Å². The molecule has 0 heterocycles. The second kappa shape index (κ2) is 2.23. The topological polar surface area (TPSA) is 9.23 Å². The van der Waals surface area contributed by atoms with Crippen LogP contribution in [0.15, 0.2) is 0 Å². The summed E-state index contributed by atoms with van der Waals surface area (Å²) in [5, 5.41) is 0. The van der Waals surface area contributed by atoms with E-state index in [4.69, 9.17) is 4.74 Å². The lowest BCUT2D eigenvalue weighted by molar-refractivity contribution is -0.0606. The van der Waals surface area contributed by atoms with Gasteiger partial charge in [0.15, 0.2) is 0 Å². The molecule has 57 valence electrons. The lowest BCUT2D eigenvalue weighted by Crippen LogP contribution is -2.40. The Balaban J connectivity index is 2.08. The average molecular weight is 139 g/mol. The summed E-state index contributed by atoms with van der Waals surface area (Å²) in [7, 11) is 1.87. The van der Waals surface area contributed by atoms with Crippen molar-refractivity contribution in [3.8, 4) is 0 Å². The summed E-state index contributed by atoms with van der Waals surface area (Å²) in [6.07, 6.45) is 7.89. The lowest BCUT2D eigenvalue weighted by atomic mass is 9.68. The van der Waals surface area contributed by atoms with Gasteiger partial charge in [0.05, 0.1) is 5.60 Å². The van der Waals surface area contributed by atoms with E-state index >= 15 is 0 Å². The average Bonchev–Trinajstić information content (AvgIpc) is 2.08. The van der Waals surface area contributed by atoms with Gasteiger partial charge < -0.3 is 4.74 Å². The third-order valence-corrected chi connectivity index (χ3v) is 3.24. The van der Waals surface area contributed by atoms with Gasteiger partial charge in [0, 0.05) is 7.11 Å². The fourth-order valence-corrected chi connectivity index (χ4v) is 2.27. The van der Waals surface area contributed by atoms with Crippen LogP contribution in [0.25, 0.3) is 0 Å². The van der Waals surface area contributed by atoms with Crippen molar-refractivity contribution >= 4 is 0 Å². The Morgan fingerprint density at radius 2 is 1.60 bits per heavy atom. The van der Waals surface area contributed by atoms with Gasteiger partial charge in [-0.2, -0.15) is 0 Å². The van der Waals surface area contributed by atoms with Crippen molar-refractivity contribution in [2.75, 3.05) is 7.11 Å². The summed E-state index contributed by atoms with van der Waals surface area (Å²) in [4.78, 5) is 0. The summed E-state index contributed by atoms with van der Waals surface area (Å²) in [6.45, 7) is 0. The summed E-state index contributed by atoms with van der Waals surface area (Å²) in [5.74, 6) is 1.79. The van der Waals surface area contributed by atoms with Crippen LogP contribution in [0.5, 0.6) is 0 Å². The molecule has 0 aliphatic heterocycles. The first kappa shape index (κ1) is 6.66. The third kappa shape index (κ3) is 0.878. The van der Waals surface area contributed by atoms with Crippen LogP contribution in [0.1, 0.15) is 38.5 Å². The Bertz CT molecular complexity index is 109. The Labute approximate surface area is 62.8 Å². The molecule has 0 aromatic carbocycles. The van der Waals surface area contributed by atoms with Crippen molar-refractivity contribution in [2.45, 2.75) is 44.1 Å². The van der Waals surface area contributed by atoms with E-state index in [0.29, 0.717) is 5.60 Å². The van der Waals surface area contributed by atoms with Crippen molar-refractivity contribution < 1.29 is 4.74 Å². The summed E-state index contributed by atoms with van der Waals surface area (Å²) in [6, 6.07) is 0. The Kier molecular flexibility index (Phi) is 1.48. The molecule has 10 heavy (non-hydrogen) atoms. The predicted octanol–water partition coefficient (Wildman–Crippen LogP) is 2.31. The highest BCUT2D eigenvalue weighted by Crippen LogP contribution is 2.46. The van der Waals surface area contributed by atoms with Crippen molar-refractivity contribution in [1.29, 1.82) is 0 Å². The molecule has 0 aromatic rings. The molecule has 3 aliphatic rings. The van der Waals surface area contributed by atoms with Gasteiger partial charge in [-0.3, -0.25) is 0 Å². The SMILES string of the molecule is COC12CC[C](CC1)CC2. The molecule has 3 saturated carbocycles. The van der Waals surface area contributed by atoms with Gasteiger partial charge in [-0.25, -0.2) is 0 Å². The van der Waals surface area contributed by atoms with Crippen LogP contribution >= 0.6 is 0 Å². The van der Waals surface area contributed by atoms with Crippen LogP contribution in [0.4, 0.5) is 0 Å². The molecular weight excluding hydrogens is 124 g/mol. The molecular formula is C9H15O. The van der Waals surface area contributed by atoms with Crippen molar-refractivity contribution in [2.24, 2.45) is 0 Å². The number of methoxy groups -OCH3 is 1. The van der Waals surface area contributed by atoms with Gasteiger partial charge in [-0.15, -0.1) is 0 Å². The first-order valence-electron chi connectivity index (χ1n) is 4.23. The largest absolute Gasteiger partial charge is 0.378 e. The molecule has 3 aliphatic carbocycles. The lowest BCUT2D eigenvalue weighted by Gasteiger charge is -2.45. The quantitative estimate of drug-likeness (QED) is 0.541. The summed E-state index contributed by atoms with van der Waals surface area (Å²) < 4.78 is 5.55. The molecule has 3 fully saturated rings. The van der Waals surface area contributed by atoms with Crippen LogP contribution < -0.4 is 0 Å². The Morgan fingerprint density at radius 3 is 1.90 bits per heavy atom. The van der Waals surface area contributed by atoms with Crippen LogP contribution in [0.2, 0.25) is 0 Å². The molecule has 0 amide bonds. The number of hydrogen-bond acceptors (Lipinski definition) is 1. The van der Waals surface area contributed by atoms with Crippen molar-refractivity contribution in [1.82, 2.24) is 0 Å². The molecule has 1 radical (unpaired) electrons. The fraction of sp³-hybridized carbons (Fsp3) is 0.889. The van der Waals surface area contributed by atoms with Gasteiger partial charge in [0.2, 0.25) is 0 Å². The molecule has 0 atom stereocenters. The van der Waals surface area contributed by atoms with Gasteiger partial charge in [0.25, 0.3) is 0 Å². The number of fused-ring (bicyclic) bond motifs is 3. The molecule has 1 nitrogen and oxygen atoms in total. The summed E-state index contributed by atoms with van der Waals surface area (Å²) in [5.41, 5.74) is 0.307.